The van der Waals surface area contributed by atoms with Crippen LogP contribution >= 0.6 is 23.2 Å². The topological polar surface area (TPSA) is 63.7 Å². The molecular weight excluding hydrogens is 355 g/mol. The van der Waals surface area contributed by atoms with E-state index in [0.29, 0.717) is 23.0 Å². The average Bonchev–Trinajstić information content (AvgIpc) is 2.98. The first-order chi connectivity index (χ1) is 12.1. The molecule has 25 heavy (non-hydrogen) atoms. The fourth-order valence-corrected chi connectivity index (χ4v) is 3.80. The number of hydrogen-bond donors (Lipinski definition) is 0. The number of hydrogen-bond acceptors (Lipinski definition) is 4. The Hall–Kier alpha value is -2.27. The SMILES string of the molecule is N#CCC1CCC(CC#N)N1c1ccc(Cl)cc1-c1cccc(Cl)n1. The lowest BCUT2D eigenvalue weighted by Gasteiger charge is -2.32. The summed E-state index contributed by atoms with van der Waals surface area (Å²) in [6.45, 7) is 0. The van der Waals surface area contributed by atoms with E-state index in [4.69, 9.17) is 23.2 Å². The second kappa shape index (κ2) is 7.74. The molecule has 0 amide bonds. The molecule has 0 aliphatic carbocycles. The van der Waals surface area contributed by atoms with E-state index in [9.17, 15) is 10.5 Å². The van der Waals surface area contributed by atoms with Gasteiger partial charge in [0.25, 0.3) is 0 Å². The van der Waals surface area contributed by atoms with Crippen molar-refractivity contribution in [1.29, 1.82) is 10.5 Å². The van der Waals surface area contributed by atoms with E-state index < -0.39 is 0 Å². The average molecular weight is 371 g/mol. The Bertz CT molecular complexity index is 829. The molecule has 4 nitrogen and oxygen atoms in total. The van der Waals surface area contributed by atoms with Crippen molar-refractivity contribution in [3.8, 4) is 23.4 Å². The minimum atomic E-state index is 0.0856. The van der Waals surface area contributed by atoms with Gasteiger partial charge in [0.1, 0.15) is 5.15 Å². The summed E-state index contributed by atoms with van der Waals surface area (Å²) in [5.41, 5.74) is 2.53. The summed E-state index contributed by atoms with van der Waals surface area (Å²) in [5.74, 6) is 0. The Morgan fingerprint density at radius 3 is 2.32 bits per heavy atom. The molecule has 0 bridgehead atoms. The molecule has 1 aromatic heterocycles. The predicted molar refractivity (Wildman–Crippen MR) is 99.4 cm³/mol. The number of benzene rings is 1. The fraction of sp³-hybridized carbons (Fsp3) is 0.316. The van der Waals surface area contributed by atoms with E-state index in [1.165, 1.54) is 0 Å². The van der Waals surface area contributed by atoms with Gasteiger partial charge in [-0.15, -0.1) is 0 Å². The highest BCUT2D eigenvalue weighted by Crippen LogP contribution is 2.40. The van der Waals surface area contributed by atoms with Crippen molar-refractivity contribution in [1.82, 2.24) is 4.98 Å². The van der Waals surface area contributed by atoms with Crippen LogP contribution in [0, 0.1) is 22.7 Å². The van der Waals surface area contributed by atoms with Crippen LogP contribution in [-0.2, 0) is 0 Å². The summed E-state index contributed by atoms with van der Waals surface area (Å²) < 4.78 is 0. The molecule has 0 N–H and O–H groups in total. The molecular formula is C19H16Cl2N4. The van der Waals surface area contributed by atoms with Gasteiger partial charge in [0.2, 0.25) is 0 Å². The lowest BCUT2D eigenvalue weighted by Crippen LogP contribution is -2.36. The zero-order valence-electron chi connectivity index (χ0n) is 13.5. The van der Waals surface area contributed by atoms with Crippen molar-refractivity contribution >= 4 is 28.9 Å². The Balaban J connectivity index is 2.12. The maximum atomic E-state index is 9.18. The van der Waals surface area contributed by atoms with Crippen LogP contribution in [0.5, 0.6) is 0 Å². The third-order valence-electron chi connectivity index (χ3n) is 4.50. The number of nitrogens with zero attached hydrogens (tertiary/aromatic N) is 4. The maximum Gasteiger partial charge on any atom is 0.129 e. The van der Waals surface area contributed by atoms with Crippen LogP contribution in [0.4, 0.5) is 5.69 Å². The number of anilines is 1. The van der Waals surface area contributed by atoms with Gasteiger partial charge in [-0.1, -0.05) is 29.3 Å². The predicted octanol–water partition coefficient (Wildman–Crippen LogP) is 5.22. The van der Waals surface area contributed by atoms with Gasteiger partial charge in [-0.25, -0.2) is 4.98 Å². The van der Waals surface area contributed by atoms with Crippen molar-refractivity contribution in [3.63, 3.8) is 0 Å². The largest absolute Gasteiger partial charge is 0.363 e. The summed E-state index contributed by atoms with van der Waals surface area (Å²) in [7, 11) is 0. The van der Waals surface area contributed by atoms with Crippen LogP contribution < -0.4 is 4.90 Å². The van der Waals surface area contributed by atoms with Crippen LogP contribution in [0.1, 0.15) is 25.7 Å². The lowest BCUT2D eigenvalue weighted by atomic mass is 10.0. The van der Waals surface area contributed by atoms with Crippen molar-refractivity contribution < 1.29 is 0 Å². The van der Waals surface area contributed by atoms with Gasteiger partial charge >= 0.3 is 0 Å². The van der Waals surface area contributed by atoms with Crippen LogP contribution in [0.3, 0.4) is 0 Å². The van der Waals surface area contributed by atoms with Gasteiger partial charge in [-0.2, -0.15) is 10.5 Å². The molecule has 1 fully saturated rings. The Kier molecular flexibility index (Phi) is 5.43. The third kappa shape index (κ3) is 3.71. The number of aromatic nitrogens is 1. The molecule has 1 aromatic carbocycles. The van der Waals surface area contributed by atoms with Crippen molar-refractivity contribution in [2.24, 2.45) is 0 Å². The molecule has 3 rings (SSSR count). The van der Waals surface area contributed by atoms with E-state index in [2.05, 4.69) is 22.0 Å². The molecule has 2 atom stereocenters. The molecule has 0 radical (unpaired) electrons. The summed E-state index contributed by atoms with van der Waals surface area (Å²) in [6.07, 6.45) is 2.63. The molecule has 0 saturated carbocycles. The summed E-state index contributed by atoms with van der Waals surface area (Å²) in [4.78, 5) is 6.60. The first-order valence-electron chi connectivity index (χ1n) is 8.08. The molecule has 2 aromatic rings. The highest BCUT2D eigenvalue weighted by atomic mass is 35.5. The zero-order chi connectivity index (χ0) is 17.8. The number of nitriles is 2. The van der Waals surface area contributed by atoms with E-state index in [1.54, 1.807) is 6.07 Å². The molecule has 2 unspecified atom stereocenters. The third-order valence-corrected chi connectivity index (χ3v) is 4.95. The Labute approximate surface area is 157 Å². The monoisotopic (exact) mass is 370 g/mol. The van der Waals surface area contributed by atoms with Crippen LogP contribution in [-0.4, -0.2) is 17.1 Å². The minimum Gasteiger partial charge on any atom is -0.363 e. The minimum absolute atomic E-state index is 0.0856. The first-order valence-corrected chi connectivity index (χ1v) is 8.84. The van der Waals surface area contributed by atoms with Crippen LogP contribution in [0.25, 0.3) is 11.3 Å². The summed E-state index contributed by atoms with van der Waals surface area (Å²) >= 11 is 12.3. The normalized spacial score (nSPS) is 19.4. The second-order valence-electron chi connectivity index (χ2n) is 6.02. The van der Waals surface area contributed by atoms with Gasteiger partial charge in [0.05, 0.1) is 30.7 Å². The molecule has 0 spiro atoms. The molecule has 6 heteroatoms. The molecule has 1 saturated heterocycles. The van der Waals surface area contributed by atoms with Gasteiger partial charge in [-0.05, 0) is 43.2 Å². The first kappa shape index (κ1) is 17.5. The van der Waals surface area contributed by atoms with Crippen molar-refractivity contribution in [2.45, 2.75) is 37.8 Å². The van der Waals surface area contributed by atoms with Crippen molar-refractivity contribution in [2.75, 3.05) is 4.90 Å². The van der Waals surface area contributed by atoms with Crippen LogP contribution in [0.15, 0.2) is 36.4 Å². The highest BCUT2D eigenvalue weighted by Gasteiger charge is 2.34. The quantitative estimate of drug-likeness (QED) is 0.691. The van der Waals surface area contributed by atoms with Gasteiger partial charge in [0.15, 0.2) is 0 Å². The lowest BCUT2D eigenvalue weighted by molar-refractivity contribution is 0.639. The summed E-state index contributed by atoms with van der Waals surface area (Å²) in [5, 5.41) is 19.4. The van der Waals surface area contributed by atoms with Gasteiger partial charge in [-0.3, -0.25) is 0 Å². The molecule has 126 valence electrons. The van der Waals surface area contributed by atoms with Gasteiger partial charge in [0, 0.05) is 28.4 Å². The molecule has 1 aliphatic heterocycles. The second-order valence-corrected chi connectivity index (χ2v) is 6.85. The smallest absolute Gasteiger partial charge is 0.129 e. The Morgan fingerprint density at radius 1 is 1.04 bits per heavy atom. The molecule has 2 heterocycles. The maximum absolute atomic E-state index is 9.18. The highest BCUT2D eigenvalue weighted by molar-refractivity contribution is 6.31. The summed E-state index contributed by atoms with van der Waals surface area (Å²) in [6, 6.07) is 15.8. The zero-order valence-corrected chi connectivity index (χ0v) is 15.0. The fourth-order valence-electron chi connectivity index (χ4n) is 3.46. The van der Waals surface area contributed by atoms with E-state index in [-0.39, 0.29) is 12.1 Å². The molecule has 1 aliphatic rings. The Morgan fingerprint density at radius 2 is 1.72 bits per heavy atom. The number of halogens is 2. The van der Waals surface area contributed by atoms with E-state index >= 15 is 0 Å². The van der Waals surface area contributed by atoms with Crippen LogP contribution in [0.2, 0.25) is 10.2 Å². The number of rotatable bonds is 4. The van der Waals surface area contributed by atoms with Gasteiger partial charge < -0.3 is 4.90 Å². The number of pyridine rings is 1. The van der Waals surface area contributed by atoms with Crippen molar-refractivity contribution in [3.05, 3.63) is 46.6 Å². The standard InChI is InChI=1S/C19H16Cl2N4/c20-13-4-7-18(16(12-13)17-2-1-3-19(21)24-17)25-14(8-10-22)5-6-15(25)9-11-23/h1-4,7,12,14-15H,5-6,8-9H2. The van der Waals surface area contributed by atoms with E-state index in [0.717, 1.165) is 29.8 Å². The van der Waals surface area contributed by atoms with E-state index in [1.807, 2.05) is 30.3 Å².